The molecule has 4 amide bonds. The Morgan fingerprint density at radius 3 is 2.14 bits per heavy atom. The summed E-state index contributed by atoms with van der Waals surface area (Å²) < 4.78 is 0. The molecule has 2 aromatic carbocycles. The van der Waals surface area contributed by atoms with Crippen LogP contribution in [0.2, 0.25) is 0 Å². The minimum atomic E-state index is -0.581. The number of amides is 4. The Kier molecular flexibility index (Phi) is 8.06. The number of urea groups is 1. The summed E-state index contributed by atoms with van der Waals surface area (Å²) in [5.41, 5.74) is 3.39. The Bertz CT molecular complexity index is 1040. The Labute approximate surface area is 207 Å². The predicted octanol–water partition coefficient (Wildman–Crippen LogP) is 4.36. The van der Waals surface area contributed by atoms with Gasteiger partial charge in [0.25, 0.3) is 5.91 Å². The van der Waals surface area contributed by atoms with Crippen molar-refractivity contribution < 1.29 is 14.4 Å². The third kappa shape index (κ3) is 6.21. The highest BCUT2D eigenvalue weighted by Crippen LogP contribution is 2.25. The first kappa shape index (κ1) is 24.8. The van der Waals surface area contributed by atoms with E-state index in [0.717, 1.165) is 49.2 Å². The number of anilines is 1. The van der Waals surface area contributed by atoms with E-state index in [1.807, 2.05) is 61.2 Å². The highest BCUT2D eigenvalue weighted by molar-refractivity contribution is 5.98. The van der Waals surface area contributed by atoms with Crippen LogP contribution in [0.15, 0.2) is 48.5 Å². The van der Waals surface area contributed by atoms with Crippen LogP contribution >= 0.6 is 0 Å². The lowest BCUT2D eigenvalue weighted by Gasteiger charge is -2.38. The fourth-order valence-corrected chi connectivity index (χ4v) is 5.01. The molecule has 0 radical (unpaired) electrons. The van der Waals surface area contributed by atoms with Gasteiger partial charge in [0.05, 0.1) is 0 Å². The molecule has 2 aliphatic heterocycles. The molecular weight excluding hydrogens is 440 g/mol. The normalized spacial score (nSPS) is 17.5. The first-order valence-electron chi connectivity index (χ1n) is 12.7. The van der Waals surface area contributed by atoms with Gasteiger partial charge in [-0.2, -0.15) is 0 Å². The Morgan fingerprint density at radius 2 is 1.49 bits per heavy atom. The number of likely N-dealkylation sites (tertiary alicyclic amines) is 2. The summed E-state index contributed by atoms with van der Waals surface area (Å²) in [6, 6.07) is 14.5. The lowest BCUT2D eigenvalue weighted by Crippen LogP contribution is -2.55. The summed E-state index contributed by atoms with van der Waals surface area (Å²) in [4.78, 5) is 43.2. The van der Waals surface area contributed by atoms with Crippen LogP contribution in [0.5, 0.6) is 0 Å². The van der Waals surface area contributed by atoms with Crippen LogP contribution < -0.4 is 10.6 Å². The predicted molar refractivity (Wildman–Crippen MR) is 137 cm³/mol. The molecule has 0 saturated carbocycles. The summed E-state index contributed by atoms with van der Waals surface area (Å²) in [5, 5.41) is 6.04. The molecule has 0 bridgehead atoms. The molecule has 0 unspecified atom stereocenters. The fraction of sp³-hybridized carbons (Fsp3) is 0.464. The van der Waals surface area contributed by atoms with E-state index >= 15 is 0 Å². The number of nitrogens with one attached hydrogen (secondary N) is 2. The Balaban J connectivity index is 1.42. The van der Waals surface area contributed by atoms with Crippen LogP contribution in [-0.4, -0.2) is 59.9 Å². The molecule has 2 saturated heterocycles. The van der Waals surface area contributed by atoms with Crippen LogP contribution in [-0.2, 0) is 4.79 Å². The molecule has 2 heterocycles. The molecular formula is C28H36N4O3. The smallest absolute Gasteiger partial charge is 0.321 e. The standard InChI is InChI=1S/C28H36N4O3/c1-20-10-12-23(13-11-20)29-28(35)32-18-14-22(15-19-32)25(27(34)31-16-6-3-7-17-31)30-26(33)24-9-5-4-8-21(24)2/h4-5,8-13,22,25H,3,6-7,14-19H2,1-2H3,(H,29,35)(H,30,33)/t25-/m1/s1. The topological polar surface area (TPSA) is 81.8 Å². The number of hydrogen-bond donors (Lipinski definition) is 2. The molecule has 186 valence electrons. The zero-order valence-electron chi connectivity index (χ0n) is 20.8. The van der Waals surface area contributed by atoms with E-state index in [9.17, 15) is 14.4 Å². The van der Waals surface area contributed by atoms with Crippen LogP contribution in [0, 0.1) is 19.8 Å². The fourth-order valence-electron chi connectivity index (χ4n) is 5.01. The maximum absolute atomic E-state index is 13.6. The van der Waals surface area contributed by atoms with Gasteiger partial charge in [-0.25, -0.2) is 4.79 Å². The average Bonchev–Trinajstić information content (AvgIpc) is 2.89. The molecule has 7 nitrogen and oxygen atoms in total. The van der Waals surface area contributed by atoms with Gasteiger partial charge in [0.1, 0.15) is 6.04 Å². The van der Waals surface area contributed by atoms with Gasteiger partial charge in [-0.1, -0.05) is 35.9 Å². The molecule has 1 atom stereocenters. The van der Waals surface area contributed by atoms with Crippen LogP contribution in [0.25, 0.3) is 0 Å². The quantitative estimate of drug-likeness (QED) is 0.673. The number of carbonyl (C=O) groups excluding carboxylic acids is 3. The molecule has 0 aliphatic carbocycles. The van der Waals surface area contributed by atoms with E-state index < -0.39 is 6.04 Å². The van der Waals surface area contributed by atoms with Gasteiger partial charge >= 0.3 is 6.03 Å². The molecule has 4 rings (SSSR count). The summed E-state index contributed by atoms with van der Waals surface area (Å²) in [7, 11) is 0. The van der Waals surface area contributed by atoms with Crippen molar-refractivity contribution in [3.05, 3.63) is 65.2 Å². The van der Waals surface area contributed by atoms with Crippen molar-refractivity contribution in [3.63, 3.8) is 0 Å². The maximum Gasteiger partial charge on any atom is 0.321 e. The van der Waals surface area contributed by atoms with E-state index in [1.165, 1.54) is 0 Å². The maximum atomic E-state index is 13.6. The van der Waals surface area contributed by atoms with Gasteiger partial charge in [-0.05, 0) is 75.6 Å². The molecule has 35 heavy (non-hydrogen) atoms. The number of carbonyl (C=O) groups is 3. The van der Waals surface area contributed by atoms with Crippen molar-refractivity contribution in [2.24, 2.45) is 5.92 Å². The van der Waals surface area contributed by atoms with Gasteiger partial charge in [0, 0.05) is 37.4 Å². The third-order valence-corrected chi connectivity index (χ3v) is 7.21. The second-order valence-corrected chi connectivity index (χ2v) is 9.77. The van der Waals surface area contributed by atoms with E-state index in [4.69, 9.17) is 0 Å². The molecule has 7 heteroatoms. The van der Waals surface area contributed by atoms with Crippen LogP contribution in [0.4, 0.5) is 10.5 Å². The molecule has 2 aromatic rings. The van der Waals surface area contributed by atoms with Crippen molar-refractivity contribution in [3.8, 4) is 0 Å². The summed E-state index contributed by atoms with van der Waals surface area (Å²) in [5.74, 6) is -0.215. The minimum Gasteiger partial charge on any atom is -0.341 e. The average molecular weight is 477 g/mol. The van der Waals surface area contributed by atoms with Crippen molar-refractivity contribution in [2.45, 2.75) is 52.0 Å². The highest BCUT2D eigenvalue weighted by Gasteiger charge is 2.36. The zero-order chi connectivity index (χ0) is 24.8. The van der Waals surface area contributed by atoms with E-state index in [2.05, 4.69) is 10.6 Å². The molecule has 0 aromatic heterocycles. The van der Waals surface area contributed by atoms with E-state index in [0.29, 0.717) is 31.5 Å². The first-order chi connectivity index (χ1) is 16.9. The zero-order valence-corrected chi connectivity index (χ0v) is 20.8. The van der Waals surface area contributed by atoms with Gasteiger partial charge in [0.2, 0.25) is 5.91 Å². The number of rotatable bonds is 5. The van der Waals surface area contributed by atoms with Crippen molar-refractivity contribution >= 4 is 23.5 Å². The minimum absolute atomic E-state index is 0.00851. The second kappa shape index (κ2) is 11.4. The van der Waals surface area contributed by atoms with Gasteiger partial charge in [0.15, 0.2) is 0 Å². The first-order valence-corrected chi connectivity index (χ1v) is 12.7. The van der Waals surface area contributed by atoms with Gasteiger partial charge < -0.3 is 20.4 Å². The molecule has 0 spiro atoms. The second-order valence-electron chi connectivity index (χ2n) is 9.77. The summed E-state index contributed by atoms with van der Waals surface area (Å²) in [6.45, 7) is 6.50. The van der Waals surface area contributed by atoms with Crippen LogP contribution in [0.3, 0.4) is 0 Å². The number of nitrogens with zero attached hydrogens (tertiary/aromatic N) is 2. The SMILES string of the molecule is Cc1ccc(NC(=O)N2CCC([C@@H](NC(=O)c3ccccc3C)C(=O)N3CCCCC3)CC2)cc1. The number of piperidine rings is 2. The van der Waals surface area contributed by atoms with Crippen LogP contribution in [0.1, 0.15) is 53.6 Å². The largest absolute Gasteiger partial charge is 0.341 e. The third-order valence-electron chi connectivity index (χ3n) is 7.21. The lowest BCUT2D eigenvalue weighted by atomic mass is 9.87. The number of benzene rings is 2. The van der Waals surface area contributed by atoms with E-state index in [-0.39, 0.29) is 23.8 Å². The highest BCUT2D eigenvalue weighted by atomic mass is 16.2. The molecule has 2 N–H and O–H groups in total. The van der Waals surface area contributed by atoms with Gasteiger partial charge in [-0.15, -0.1) is 0 Å². The Hall–Kier alpha value is -3.35. The van der Waals surface area contributed by atoms with Crippen molar-refractivity contribution in [1.29, 1.82) is 0 Å². The van der Waals surface area contributed by atoms with Crippen molar-refractivity contribution in [2.75, 3.05) is 31.5 Å². The monoisotopic (exact) mass is 476 g/mol. The number of aryl methyl sites for hydroxylation is 2. The number of hydrogen-bond acceptors (Lipinski definition) is 3. The lowest BCUT2D eigenvalue weighted by molar-refractivity contribution is -0.136. The van der Waals surface area contributed by atoms with E-state index in [1.54, 1.807) is 11.0 Å². The van der Waals surface area contributed by atoms with Gasteiger partial charge in [-0.3, -0.25) is 9.59 Å². The molecule has 2 aliphatic rings. The summed E-state index contributed by atoms with van der Waals surface area (Å²) >= 11 is 0. The Morgan fingerprint density at radius 1 is 0.829 bits per heavy atom. The summed E-state index contributed by atoms with van der Waals surface area (Å²) in [6.07, 6.45) is 4.47. The molecule has 2 fully saturated rings. The van der Waals surface area contributed by atoms with Crippen molar-refractivity contribution in [1.82, 2.24) is 15.1 Å².